The molecule has 1 aliphatic heterocycles. The number of rotatable bonds is 7. The van der Waals surface area contributed by atoms with Crippen LogP contribution in [0.2, 0.25) is 0 Å². The number of nitrogens with one attached hydrogen (secondary N) is 1. The number of hydrogen-bond donors (Lipinski definition) is 1. The monoisotopic (exact) mass is 404 g/mol. The summed E-state index contributed by atoms with van der Waals surface area (Å²) in [6.45, 7) is 2.12. The van der Waals surface area contributed by atoms with Crippen LogP contribution in [0.1, 0.15) is 24.0 Å². The summed E-state index contributed by atoms with van der Waals surface area (Å²) < 4.78 is 7.44. The standard InChI is InChI=1S/C23H24N4O3/c28-22(10-11-23(29)27-14-15-30-21-5-2-1-4-20(21)27)24-16-18-6-8-19(9-7-18)17-26-13-3-12-25-26/h1-9,12-13H,10-11,14-17H2,(H,24,28). The summed E-state index contributed by atoms with van der Waals surface area (Å²) >= 11 is 0. The number of nitrogens with zero attached hydrogens (tertiary/aromatic N) is 3. The predicted octanol–water partition coefficient (Wildman–Crippen LogP) is 2.75. The van der Waals surface area contributed by atoms with Gasteiger partial charge in [-0.2, -0.15) is 5.10 Å². The molecule has 1 aromatic heterocycles. The molecule has 2 amide bonds. The summed E-state index contributed by atoms with van der Waals surface area (Å²) in [6.07, 6.45) is 4.01. The molecule has 1 N–H and O–H groups in total. The minimum Gasteiger partial charge on any atom is -0.490 e. The summed E-state index contributed by atoms with van der Waals surface area (Å²) in [4.78, 5) is 26.5. The molecule has 3 aromatic rings. The molecule has 7 nitrogen and oxygen atoms in total. The highest BCUT2D eigenvalue weighted by atomic mass is 16.5. The maximum atomic E-state index is 12.6. The lowest BCUT2D eigenvalue weighted by molar-refractivity contribution is -0.125. The molecule has 2 aromatic carbocycles. The SMILES string of the molecule is O=C(CCC(=O)N1CCOc2ccccc21)NCc1ccc(Cn2cccn2)cc1. The summed E-state index contributed by atoms with van der Waals surface area (Å²) in [5.74, 6) is 0.506. The van der Waals surface area contributed by atoms with Crippen molar-refractivity contribution in [2.45, 2.75) is 25.9 Å². The minimum atomic E-state index is -0.134. The molecule has 7 heteroatoms. The molecule has 0 fully saturated rings. The minimum absolute atomic E-state index is 0.0659. The maximum Gasteiger partial charge on any atom is 0.227 e. The molecule has 0 bridgehead atoms. The van der Waals surface area contributed by atoms with Crippen molar-refractivity contribution in [2.75, 3.05) is 18.1 Å². The number of para-hydroxylation sites is 2. The van der Waals surface area contributed by atoms with Gasteiger partial charge in [-0.15, -0.1) is 0 Å². The first kappa shape index (κ1) is 19.7. The van der Waals surface area contributed by atoms with E-state index in [1.807, 2.05) is 65.5 Å². The highest BCUT2D eigenvalue weighted by molar-refractivity contribution is 5.97. The molecule has 1 aliphatic rings. The third kappa shape index (κ3) is 4.86. The Kier molecular flexibility index (Phi) is 6.08. The first-order valence-electron chi connectivity index (χ1n) is 10.0. The number of benzene rings is 2. The van der Waals surface area contributed by atoms with Crippen LogP contribution in [0.5, 0.6) is 5.75 Å². The maximum absolute atomic E-state index is 12.6. The second kappa shape index (κ2) is 9.26. The van der Waals surface area contributed by atoms with E-state index in [1.54, 1.807) is 11.1 Å². The van der Waals surface area contributed by atoms with Gasteiger partial charge >= 0.3 is 0 Å². The highest BCUT2D eigenvalue weighted by Crippen LogP contribution is 2.31. The van der Waals surface area contributed by atoms with Gasteiger partial charge in [0, 0.05) is 31.8 Å². The average molecular weight is 404 g/mol. The number of carbonyl (C=O) groups is 2. The molecule has 4 rings (SSSR count). The lowest BCUT2D eigenvalue weighted by Crippen LogP contribution is -2.38. The Morgan fingerprint density at radius 1 is 1.00 bits per heavy atom. The van der Waals surface area contributed by atoms with Crippen molar-refractivity contribution < 1.29 is 14.3 Å². The fourth-order valence-corrected chi connectivity index (χ4v) is 3.42. The van der Waals surface area contributed by atoms with Crippen LogP contribution in [0, 0.1) is 0 Å². The van der Waals surface area contributed by atoms with Crippen molar-refractivity contribution in [3.63, 3.8) is 0 Å². The van der Waals surface area contributed by atoms with Crippen LogP contribution in [-0.2, 0) is 22.7 Å². The number of ether oxygens (including phenoxy) is 1. The summed E-state index contributed by atoms with van der Waals surface area (Å²) in [5.41, 5.74) is 2.93. The van der Waals surface area contributed by atoms with E-state index in [0.717, 1.165) is 16.8 Å². The van der Waals surface area contributed by atoms with E-state index < -0.39 is 0 Å². The van der Waals surface area contributed by atoms with Gasteiger partial charge in [0.1, 0.15) is 12.4 Å². The van der Waals surface area contributed by atoms with Crippen molar-refractivity contribution in [1.82, 2.24) is 15.1 Å². The van der Waals surface area contributed by atoms with Gasteiger partial charge in [-0.05, 0) is 29.3 Å². The Bertz CT molecular complexity index is 1000. The van der Waals surface area contributed by atoms with Crippen LogP contribution >= 0.6 is 0 Å². The lowest BCUT2D eigenvalue weighted by atomic mass is 10.1. The van der Waals surface area contributed by atoms with Crippen molar-refractivity contribution in [3.05, 3.63) is 78.1 Å². The molecular weight excluding hydrogens is 380 g/mol. The Morgan fingerprint density at radius 2 is 1.80 bits per heavy atom. The average Bonchev–Trinajstić information content (AvgIpc) is 3.29. The number of fused-ring (bicyclic) bond motifs is 1. The molecular formula is C23H24N4O3. The van der Waals surface area contributed by atoms with E-state index in [2.05, 4.69) is 10.4 Å². The molecule has 0 aliphatic carbocycles. The summed E-state index contributed by atoms with van der Waals surface area (Å²) in [5, 5.41) is 7.09. The zero-order valence-electron chi connectivity index (χ0n) is 16.7. The van der Waals surface area contributed by atoms with Gasteiger partial charge in [0.15, 0.2) is 0 Å². The quantitative estimate of drug-likeness (QED) is 0.657. The van der Waals surface area contributed by atoms with E-state index in [9.17, 15) is 9.59 Å². The molecule has 0 atom stereocenters. The Balaban J connectivity index is 1.23. The van der Waals surface area contributed by atoms with Crippen LogP contribution in [0.3, 0.4) is 0 Å². The van der Waals surface area contributed by atoms with Crippen molar-refractivity contribution in [2.24, 2.45) is 0 Å². The fraction of sp³-hybridized carbons (Fsp3) is 0.261. The second-order valence-corrected chi connectivity index (χ2v) is 7.16. The zero-order chi connectivity index (χ0) is 20.8. The van der Waals surface area contributed by atoms with E-state index >= 15 is 0 Å². The molecule has 0 spiro atoms. The second-order valence-electron chi connectivity index (χ2n) is 7.16. The van der Waals surface area contributed by atoms with Gasteiger partial charge < -0.3 is 15.0 Å². The fourth-order valence-electron chi connectivity index (χ4n) is 3.42. The van der Waals surface area contributed by atoms with Gasteiger partial charge in [-0.25, -0.2) is 0 Å². The Hall–Kier alpha value is -3.61. The van der Waals surface area contributed by atoms with Crippen LogP contribution in [-0.4, -0.2) is 34.7 Å². The van der Waals surface area contributed by atoms with Gasteiger partial charge in [0.25, 0.3) is 0 Å². The molecule has 30 heavy (non-hydrogen) atoms. The number of carbonyl (C=O) groups excluding carboxylic acids is 2. The van der Waals surface area contributed by atoms with E-state index in [4.69, 9.17) is 4.74 Å². The normalized spacial score (nSPS) is 12.7. The van der Waals surface area contributed by atoms with Crippen LogP contribution < -0.4 is 15.0 Å². The van der Waals surface area contributed by atoms with E-state index in [1.165, 1.54) is 0 Å². The van der Waals surface area contributed by atoms with Gasteiger partial charge in [0.2, 0.25) is 11.8 Å². The molecule has 0 radical (unpaired) electrons. The smallest absolute Gasteiger partial charge is 0.227 e. The first-order chi connectivity index (χ1) is 14.7. The molecule has 0 unspecified atom stereocenters. The van der Waals surface area contributed by atoms with Gasteiger partial charge in [-0.3, -0.25) is 14.3 Å². The Morgan fingerprint density at radius 3 is 2.60 bits per heavy atom. The zero-order valence-corrected chi connectivity index (χ0v) is 16.7. The lowest BCUT2D eigenvalue weighted by Gasteiger charge is -2.29. The number of amides is 2. The van der Waals surface area contributed by atoms with Crippen molar-refractivity contribution in [1.29, 1.82) is 0 Å². The third-order valence-electron chi connectivity index (χ3n) is 5.01. The molecule has 0 saturated heterocycles. The molecule has 2 heterocycles. The molecule has 154 valence electrons. The van der Waals surface area contributed by atoms with Crippen molar-refractivity contribution >= 4 is 17.5 Å². The number of hydrogen-bond acceptors (Lipinski definition) is 4. The topological polar surface area (TPSA) is 76.5 Å². The van der Waals surface area contributed by atoms with Crippen LogP contribution in [0.4, 0.5) is 5.69 Å². The summed E-state index contributed by atoms with van der Waals surface area (Å²) in [6, 6.07) is 17.4. The van der Waals surface area contributed by atoms with Crippen LogP contribution in [0.15, 0.2) is 67.0 Å². The van der Waals surface area contributed by atoms with Gasteiger partial charge in [0.05, 0.1) is 18.8 Å². The molecule has 0 saturated carbocycles. The largest absolute Gasteiger partial charge is 0.490 e. The van der Waals surface area contributed by atoms with E-state index in [0.29, 0.717) is 32.0 Å². The predicted molar refractivity (Wildman–Crippen MR) is 113 cm³/mol. The summed E-state index contributed by atoms with van der Waals surface area (Å²) in [7, 11) is 0. The first-order valence-corrected chi connectivity index (χ1v) is 10.0. The van der Waals surface area contributed by atoms with Gasteiger partial charge in [-0.1, -0.05) is 36.4 Å². The third-order valence-corrected chi connectivity index (χ3v) is 5.01. The highest BCUT2D eigenvalue weighted by Gasteiger charge is 2.23. The van der Waals surface area contributed by atoms with Crippen LogP contribution in [0.25, 0.3) is 0 Å². The number of anilines is 1. The van der Waals surface area contributed by atoms with Crippen molar-refractivity contribution in [3.8, 4) is 5.75 Å². The van der Waals surface area contributed by atoms with E-state index in [-0.39, 0.29) is 24.7 Å². The Labute approximate surface area is 175 Å². The number of aromatic nitrogens is 2.